The highest BCUT2D eigenvalue weighted by atomic mass is 32.1. The Morgan fingerprint density at radius 2 is 1.74 bits per heavy atom. The van der Waals surface area contributed by atoms with Crippen molar-refractivity contribution in [2.24, 2.45) is 5.92 Å². The van der Waals surface area contributed by atoms with Crippen molar-refractivity contribution < 1.29 is 19.1 Å². The van der Waals surface area contributed by atoms with Crippen LogP contribution < -0.4 is 20.1 Å². The fraction of sp³-hybridized carbons (Fsp3) is 0.207. The molecular formula is C29H26N4O4S. The smallest absolute Gasteiger partial charge is 0.253 e. The van der Waals surface area contributed by atoms with Gasteiger partial charge in [0.05, 0.1) is 30.0 Å². The third-order valence-corrected chi connectivity index (χ3v) is 7.62. The summed E-state index contributed by atoms with van der Waals surface area (Å²) in [6.07, 6.45) is 3.65. The Morgan fingerprint density at radius 1 is 1.00 bits per heavy atom. The number of rotatable bonds is 8. The average Bonchev–Trinajstić information content (AvgIpc) is 3.59. The van der Waals surface area contributed by atoms with Gasteiger partial charge in [-0.05, 0) is 65.9 Å². The summed E-state index contributed by atoms with van der Waals surface area (Å²) in [5.74, 6) is 1.35. The summed E-state index contributed by atoms with van der Waals surface area (Å²) in [6, 6.07) is 17.6. The van der Waals surface area contributed by atoms with E-state index in [0.29, 0.717) is 28.7 Å². The molecule has 1 saturated carbocycles. The van der Waals surface area contributed by atoms with Gasteiger partial charge in [-0.2, -0.15) is 0 Å². The minimum Gasteiger partial charge on any atom is -0.497 e. The van der Waals surface area contributed by atoms with E-state index in [9.17, 15) is 9.59 Å². The summed E-state index contributed by atoms with van der Waals surface area (Å²) in [6.45, 7) is 0.334. The van der Waals surface area contributed by atoms with Crippen LogP contribution in [0, 0.1) is 5.92 Å². The van der Waals surface area contributed by atoms with E-state index in [2.05, 4.69) is 26.7 Å². The number of aromatic nitrogens is 2. The van der Waals surface area contributed by atoms with Crippen LogP contribution in [-0.2, 0) is 11.3 Å². The molecule has 9 heteroatoms. The molecule has 0 spiro atoms. The average molecular weight is 527 g/mol. The molecule has 0 radical (unpaired) electrons. The van der Waals surface area contributed by atoms with Gasteiger partial charge in [0.15, 0.2) is 5.13 Å². The molecule has 192 valence electrons. The Morgan fingerprint density at radius 3 is 2.47 bits per heavy atom. The van der Waals surface area contributed by atoms with Gasteiger partial charge in [0.25, 0.3) is 5.91 Å². The zero-order valence-electron chi connectivity index (χ0n) is 21.0. The lowest BCUT2D eigenvalue weighted by molar-refractivity contribution is -0.117. The molecule has 38 heavy (non-hydrogen) atoms. The number of hydrogen-bond donors (Lipinski definition) is 3. The number of anilines is 1. The van der Waals surface area contributed by atoms with Crippen LogP contribution in [0.25, 0.3) is 32.2 Å². The molecule has 0 unspecified atom stereocenters. The Labute approximate surface area is 223 Å². The lowest BCUT2D eigenvalue weighted by Crippen LogP contribution is -2.22. The number of fused-ring (bicyclic) bond motifs is 2. The van der Waals surface area contributed by atoms with Crippen molar-refractivity contribution >= 4 is 49.4 Å². The molecule has 1 aliphatic rings. The normalized spacial score (nSPS) is 13.0. The predicted molar refractivity (Wildman–Crippen MR) is 149 cm³/mol. The summed E-state index contributed by atoms with van der Waals surface area (Å²) in [7, 11) is 3.19. The SMILES string of the molecule is COc1cc(CNC(=O)c2c[nH]c3ccc(-c4ccc5nc(NC(=O)C6CC6)sc5c4)cc23)cc(OC)c1. The van der Waals surface area contributed by atoms with Crippen LogP contribution in [0.5, 0.6) is 11.5 Å². The number of amides is 2. The third kappa shape index (κ3) is 4.80. The van der Waals surface area contributed by atoms with E-state index in [1.165, 1.54) is 11.3 Å². The highest BCUT2D eigenvalue weighted by Crippen LogP contribution is 2.34. The van der Waals surface area contributed by atoms with E-state index in [-0.39, 0.29) is 17.7 Å². The second kappa shape index (κ2) is 9.83. The molecule has 5 aromatic rings. The van der Waals surface area contributed by atoms with Crippen molar-refractivity contribution in [3.63, 3.8) is 0 Å². The van der Waals surface area contributed by atoms with Crippen LogP contribution in [0.4, 0.5) is 5.13 Å². The predicted octanol–water partition coefficient (Wildman–Crippen LogP) is 5.74. The van der Waals surface area contributed by atoms with Gasteiger partial charge in [0, 0.05) is 35.6 Å². The molecule has 0 aliphatic heterocycles. The minimum absolute atomic E-state index is 0.0542. The number of H-pyrrole nitrogens is 1. The molecular weight excluding hydrogens is 500 g/mol. The number of nitrogens with one attached hydrogen (secondary N) is 3. The first-order valence-electron chi connectivity index (χ1n) is 12.3. The second-order valence-electron chi connectivity index (χ2n) is 9.33. The van der Waals surface area contributed by atoms with Crippen molar-refractivity contribution in [2.45, 2.75) is 19.4 Å². The first kappa shape index (κ1) is 24.0. The third-order valence-electron chi connectivity index (χ3n) is 6.69. The maximum Gasteiger partial charge on any atom is 0.253 e. The summed E-state index contributed by atoms with van der Waals surface area (Å²) < 4.78 is 11.6. The van der Waals surface area contributed by atoms with Gasteiger partial charge in [-0.15, -0.1) is 0 Å². The number of nitrogens with zero attached hydrogens (tertiary/aromatic N) is 1. The van der Waals surface area contributed by atoms with Gasteiger partial charge < -0.3 is 25.1 Å². The van der Waals surface area contributed by atoms with E-state index in [1.54, 1.807) is 26.5 Å². The summed E-state index contributed by atoms with van der Waals surface area (Å²) >= 11 is 1.47. The molecule has 3 N–H and O–H groups in total. The van der Waals surface area contributed by atoms with Crippen molar-refractivity contribution in [1.29, 1.82) is 0 Å². The lowest BCUT2D eigenvalue weighted by Gasteiger charge is -2.10. The maximum atomic E-state index is 13.1. The monoisotopic (exact) mass is 526 g/mol. The fourth-order valence-electron chi connectivity index (χ4n) is 4.44. The van der Waals surface area contributed by atoms with Crippen molar-refractivity contribution in [1.82, 2.24) is 15.3 Å². The number of carbonyl (C=O) groups is 2. The largest absolute Gasteiger partial charge is 0.497 e. The summed E-state index contributed by atoms with van der Waals surface area (Å²) in [4.78, 5) is 33.0. The van der Waals surface area contributed by atoms with Crippen LogP contribution in [0.2, 0.25) is 0 Å². The van der Waals surface area contributed by atoms with E-state index < -0.39 is 0 Å². The number of methoxy groups -OCH3 is 2. The van der Waals surface area contributed by atoms with Crippen LogP contribution in [0.15, 0.2) is 60.8 Å². The van der Waals surface area contributed by atoms with Crippen LogP contribution >= 0.6 is 11.3 Å². The number of aromatic amines is 1. The van der Waals surface area contributed by atoms with Crippen molar-refractivity contribution in [3.8, 4) is 22.6 Å². The number of thiazole rings is 1. The molecule has 0 bridgehead atoms. The fourth-order valence-corrected chi connectivity index (χ4v) is 5.35. The second-order valence-corrected chi connectivity index (χ2v) is 10.4. The molecule has 2 aromatic heterocycles. The molecule has 6 rings (SSSR count). The Kier molecular flexibility index (Phi) is 6.21. The molecule has 2 heterocycles. The maximum absolute atomic E-state index is 13.1. The van der Waals surface area contributed by atoms with Crippen molar-refractivity contribution in [2.75, 3.05) is 19.5 Å². The summed E-state index contributed by atoms with van der Waals surface area (Å²) in [5, 5.41) is 7.40. The Bertz CT molecular complexity index is 1660. The van der Waals surface area contributed by atoms with Gasteiger partial charge in [0.1, 0.15) is 11.5 Å². The number of carbonyl (C=O) groups excluding carboxylic acids is 2. The zero-order chi connectivity index (χ0) is 26.2. The molecule has 8 nitrogen and oxygen atoms in total. The molecule has 1 fully saturated rings. The van der Waals surface area contributed by atoms with Gasteiger partial charge in [-0.25, -0.2) is 4.98 Å². The molecule has 2 amide bonds. The highest BCUT2D eigenvalue weighted by molar-refractivity contribution is 7.22. The van der Waals surface area contributed by atoms with Gasteiger partial charge in [-0.3, -0.25) is 9.59 Å². The minimum atomic E-state index is -0.177. The summed E-state index contributed by atoms with van der Waals surface area (Å²) in [5.41, 5.74) is 5.18. The van der Waals surface area contributed by atoms with Gasteiger partial charge in [-0.1, -0.05) is 23.5 Å². The Balaban J connectivity index is 1.23. The van der Waals surface area contributed by atoms with Crippen LogP contribution in [0.3, 0.4) is 0 Å². The van der Waals surface area contributed by atoms with E-state index in [4.69, 9.17) is 9.47 Å². The Hall–Kier alpha value is -4.37. The first-order valence-corrected chi connectivity index (χ1v) is 13.2. The van der Waals surface area contributed by atoms with E-state index in [0.717, 1.165) is 50.7 Å². The topological polar surface area (TPSA) is 105 Å². The van der Waals surface area contributed by atoms with Crippen LogP contribution in [0.1, 0.15) is 28.8 Å². The number of benzene rings is 3. The molecule has 0 atom stereocenters. The number of hydrogen-bond acceptors (Lipinski definition) is 6. The zero-order valence-corrected chi connectivity index (χ0v) is 21.8. The van der Waals surface area contributed by atoms with Crippen LogP contribution in [-0.4, -0.2) is 36.0 Å². The molecule has 1 aliphatic carbocycles. The van der Waals surface area contributed by atoms with Gasteiger partial charge >= 0.3 is 0 Å². The molecule has 0 saturated heterocycles. The highest BCUT2D eigenvalue weighted by Gasteiger charge is 2.30. The quantitative estimate of drug-likeness (QED) is 0.239. The van der Waals surface area contributed by atoms with E-state index >= 15 is 0 Å². The molecule has 3 aromatic carbocycles. The van der Waals surface area contributed by atoms with Gasteiger partial charge in [0.2, 0.25) is 5.91 Å². The number of ether oxygens (including phenoxy) is 2. The standard InChI is InChI=1S/C29H26N4O4S/c1-36-20-9-16(10-21(13-20)37-2)14-31-28(35)23-15-30-24-7-5-18(11-22(23)24)19-6-8-25-26(12-19)38-29(32-25)33-27(34)17-3-4-17/h5-13,15,17,30H,3-4,14H2,1-2H3,(H,31,35)(H,32,33,34). The lowest BCUT2D eigenvalue weighted by atomic mass is 10.0. The van der Waals surface area contributed by atoms with Crippen molar-refractivity contribution in [3.05, 3.63) is 71.9 Å². The van der Waals surface area contributed by atoms with E-state index in [1.807, 2.05) is 42.5 Å². The first-order chi connectivity index (χ1) is 18.5.